The topological polar surface area (TPSA) is 4.93 Å². The fraction of sp³-hybridized carbons (Fsp3) is 0. The predicted octanol–water partition coefficient (Wildman–Crippen LogP) is 5.44. The molecule has 1 heterocycles. The minimum absolute atomic E-state index is 0.0343. The quantitative estimate of drug-likeness (QED) is 0.438. The van der Waals surface area contributed by atoms with Crippen molar-refractivity contribution >= 4 is 33.4 Å². The van der Waals surface area contributed by atoms with Crippen LogP contribution in [0.3, 0.4) is 0 Å². The van der Waals surface area contributed by atoms with Crippen molar-refractivity contribution in [3.05, 3.63) is 77.7 Å². The molecule has 0 N–H and O–H groups in total. The molecule has 1 nitrogen and oxygen atoms in total. The number of fused-ring (bicyclic) bond motifs is 3. The molecule has 96 valence electrons. The van der Waals surface area contributed by atoms with Gasteiger partial charge < -0.3 is 4.57 Å². The predicted molar refractivity (Wildman–Crippen MR) is 85.8 cm³/mol. The second-order valence-corrected chi connectivity index (χ2v) is 4.99. The van der Waals surface area contributed by atoms with Gasteiger partial charge in [-0.15, -0.1) is 0 Å². The van der Waals surface area contributed by atoms with Crippen molar-refractivity contribution < 1.29 is 5.48 Å². The fourth-order valence-electron chi connectivity index (χ4n) is 2.54. The number of benzene rings is 3. The average Bonchev–Trinajstić information content (AvgIpc) is 2.93. The van der Waals surface area contributed by atoms with Gasteiger partial charge in [-0.3, -0.25) is 0 Å². The van der Waals surface area contributed by atoms with Crippen LogP contribution in [0.2, 0.25) is 5.02 Å². The van der Waals surface area contributed by atoms with E-state index in [2.05, 4.69) is 0 Å². The number of nitrogens with zero attached hydrogens (tertiary/aromatic N) is 1. The van der Waals surface area contributed by atoms with Gasteiger partial charge in [-0.05, 0) is 30.3 Å². The summed E-state index contributed by atoms with van der Waals surface area (Å²) in [6, 6.07) is 14.3. The summed E-state index contributed by atoms with van der Waals surface area (Å²) in [6.45, 7) is 0. The van der Waals surface area contributed by atoms with E-state index >= 15 is 0 Å². The van der Waals surface area contributed by atoms with E-state index in [-0.39, 0.29) is 24.2 Å². The van der Waals surface area contributed by atoms with E-state index in [1.807, 2.05) is 34.9 Å². The van der Waals surface area contributed by atoms with Crippen molar-refractivity contribution in [2.45, 2.75) is 0 Å². The first-order valence-electron chi connectivity index (χ1n) is 8.26. The first kappa shape index (κ1) is 8.13. The summed E-state index contributed by atoms with van der Waals surface area (Å²) in [5.41, 5.74) is 2.05. The van der Waals surface area contributed by atoms with E-state index in [1.165, 1.54) is 0 Å². The van der Waals surface area contributed by atoms with E-state index in [0.29, 0.717) is 15.9 Å². The van der Waals surface area contributed by atoms with Gasteiger partial charge in [-0.25, -0.2) is 0 Å². The Bertz CT molecular complexity index is 1100. The van der Waals surface area contributed by atoms with E-state index in [9.17, 15) is 0 Å². The van der Waals surface area contributed by atoms with E-state index < -0.39 is 0 Å². The van der Waals surface area contributed by atoms with Crippen LogP contribution in [0.4, 0.5) is 0 Å². The number of hydrogen-bond donors (Lipinski definition) is 0. The molecule has 0 amide bonds. The number of para-hydroxylation sites is 2. The van der Waals surface area contributed by atoms with Gasteiger partial charge in [0, 0.05) is 21.5 Å². The van der Waals surface area contributed by atoms with Gasteiger partial charge in [0.05, 0.1) is 16.5 Å². The molecule has 4 rings (SSSR count). The van der Waals surface area contributed by atoms with Crippen LogP contribution in [-0.4, -0.2) is 4.57 Å². The standard InChI is InChI=1S/C18H12ClN/c19-13-10-11-16-15-8-4-5-9-17(15)20(18(16)12-13)14-6-2-1-3-7-14/h1-12H/i4D,5D,8D,9D. The summed E-state index contributed by atoms with van der Waals surface area (Å²) in [6.07, 6.45) is 0. The largest absolute Gasteiger partial charge is 0.309 e. The maximum atomic E-state index is 8.36. The van der Waals surface area contributed by atoms with Gasteiger partial charge in [0.1, 0.15) is 0 Å². The lowest BCUT2D eigenvalue weighted by Gasteiger charge is -2.07. The Hall–Kier alpha value is -2.25. The van der Waals surface area contributed by atoms with Gasteiger partial charge in [-0.1, -0.05) is 54.0 Å². The molecule has 0 saturated carbocycles. The van der Waals surface area contributed by atoms with Gasteiger partial charge >= 0.3 is 0 Å². The fourth-order valence-corrected chi connectivity index (χ4v) is 2.70. The highest BCUT2D eigenvalue weighted by atomic mass is 35.5. The first-order chi connectivity index (χ1) is 11.5. The Labute approximate surface area is 127 Å². The zero-order chi connectivity index (χ0) is 17.0. The molecule has 0 aliphatic carbocycles. The Morgan fingerprint density at radius 2 is 1.65 bits per heavy atom. The van der Waals surface area contributed by atoms with E-state index in [1.54, 1.807) is 18.2 Å². The molecular formula is C18H12ClN. The summed E-state index contributed by atoms with van der Waals surface area (Å²) in [5.74, 6) is 0. The van der Waals surface area contributed by atoms with Gasteiger partial charge in [-0.2, -0.15) is 0 Å². The van der Waals surface area contributed by atoms with Crippen molar-refractivity contribution in [3.63, 3.8) is 0 Å². The Morgan fingerprint density at radius 3 is 2.50 bits per heavy atom. The molecule has 0 radical (unpaired) electrons. The van der Waals surface area contributed by atoms with Crippen LogP contribution in [0.15, 0.2) is 72.7 Å². The molecule has 0 spiro atoms. The van der Waals surface area contributed by atoms with Crippen molar-refractivity contribution in [3.8, 4) is 5.69 Å². The molecule has 20 heavy (non-hydrogen) atoms. The molecule has 0 bridgehead atoms. The van der Waals surface area contributed by atoms with Gasteiger partial charge in [0.25, 0.3) is 0 Å². The van der Waals surface area contributed by atoms with Crippen LogP contribution >= 0.6 is 11.6 Å². The van der Waals surface area contributed by atoms with Crippen LogP contribution in [0, 0.1) is 0 Å². The summed E-state index contributed by atoms with van der Waals surface area (Å²) in [7, 11) is 0. The van der Waals surface area contributed by atoms with Crippen LogP contribution in [-0.2, 0) is 0 Å². The summed E-state index contributed by atoms with van der Waals surface area (Å²) in [4.78, 5) is 0. The molecule has 0 aliphatic heterocycles. The highest BCUT2D eigenvalue weighted by molar-refractivity contribution is 6.31. The van der Waals surface area contributed by atoms with Crippen molar-refractivity contribution in [2.75, 3.05) is 0 Å². The Morgan fingerprint density at radius 1 is 0.850 bits per heavy atom. The second kappa shape index (κ2) is 4.39. The first-order valence-corrected chi connectivity index (χ1v) is 6.64. The third-order valence-corrected chi connectivity index (χ3v) is 3.61. The minimum Gasteiger partial charge on any atom is -0.309 e. The Kier molecular flexibility index (Phi) is 1.79. The zero-order valence-electron chi connectivity index (χ0n) is 14.4. The minimum atomic E-state index is -0.237. The van der Waals surface area contributed by atoms with Crippen LogP contribution < -0.4 is 0 Å². The normalized spacial score (nSPS) is 14.1. The number of rotatable bonds is 1. The molecule has 0 atom stereocenters. The zero-order valence-corrected chi connectivity index (χ0v) is 11.2. The third kappa shape index (κ3) is 1.64. The number of hydrogen-bond acceptors (Lipinski definition) is 0. The highest BCUT2D eigenvalue weighted by Crippen LogP contribution is 2.33. The monoisotopic (exact) mass is 281 g/mol. The van der Waals surface area contributed by atoms with Gasteiger partial charge in [0.2, 0.25) is 0 Å². The molecule has 0 aliphatic rings. The average molecular weight is 282 g/mol. The lowest BCUT2D eigenvalue weighted by molar-refractivity contribution is 1.18. The van der Waals surface area contributed by atoms with E-state index in [4.69, 9.17) is 17.1 Å². The molecular weight excluding hydrogens is 266 g/mol. The SMILES string of the molecule is [2H]c1c([2H])c([2H])c2c(c1[2H])c1ccc(Cl)cc1n2-c1ccccc1. The van der Waals surface area contributed by atoms with Crippen LogP contribution in [0.25, 0.3) is 27.5 Å². The molecule has 0 saturated heterocycles. The highest BCUT2D eigenvalue weighted by Gasteiger charge is 2.11. The third-order valence-electron chi connectivity index (χ3n) is 3.38. The lowest BCUT2D eigenvalue weighted by Crippen LogP contribution is -1.92. The second-order valence-electron chi connectivity index (χ2n) is 4.56. The summed E-state index contributed by atoms with van der Waals surface area (Å²) >= 11 is 6.17. The molecule has 1 aromatic heterocycles. The van der Waals surface area contributed by atoms with Crippen molar-refractivity contribution in [2.24, 2.45) is 0 Å². The molecule has 4 aromatic rings. The van der Waals surface area contributed by atoms with Crippen molar-refractivity contribution in [1.82, 2.24) is 4.57 Å². The summed E-state index contributed by atoms with van der Waals surface area (Å²) in [5, 5.41) is 1.82. The van der Waals surface area contributed by atoms with Crippen LogP contribution in [0.5, 0.6) is 0 Å². The van der Waals surface area contributed by atoms with Crippen molar-refractivity contribution in [1.29, 1.82) is 0 Å². The summed E-state index contributed by atoms with van der Waals surface area (Å²) < 4.78 is 34.5. The molecule has 2 heteroatoms. The molecule has 0 fully saturated rings. The smallest absolute Gasteiger partial charge is 0.0645 e. The molecule has 0 unspecified atom stereocenters. The Balaban J connectivity index is 2.34. The maximum Gasteiger partial charge on any atom is 0.0645 e. The van der Waals surface area contributed by atoms with Gasteiger partial charge in [0.15, 0.2) is 0 Å². The molecule has 3 aromatic carbocycles. The van der Waals surface area contributed by atoms with Crippen LogP contribution in [0.1, 0.15) is 5.48 Å². The maximum absolute atomic E-state index is 8.36. The van der Waals surface area contributed by atoms with E-state index in [0.717, 1.165) is 16.6 Å². The number of halogens is 1. The lowest BCUT2D eigenvalue weighted by atomic mass is 10.2. The number of aromatic nitrogens is 1.